The summed E-state index contributed by atoms with van der Waals surface area (Å²) in [5, 5.41) is 0. The fraction of sp³-hybridized carbons (Fsp3) is 0.542. The minimum atomic E-state index is -3.86. The van der Waals surface area contributed by atoms with Gasteiger partial charge in [-0.25, -0.2) is 8.42 Å². The van der Waals surface area contributed by atoms with Crippen molar-refractivity contribution in [2.45, 2.75) is 42.7 Å². The van der Waals surface area contributed by atoms with E-state index in [1.54, 1.807) is 28.0 Å². The molecule has 2 aromatic rings. The lowest BCUT2D eigenvalue weighted by Gasteiger charge is -2.44. The van der Waals surface area contributed by atoms with Gasteiger partial charge in [0.2, 0.25) is 0 Å². The van der Waals surface area contributed by atoms with Crippen LogP contribution in [0, 0.1) is 5.92 Å². The average Bonchev–Trinajstić information content (AvgIpc) is 2.81. The lowest BCUT2D eigenvalue weighted by atomic mass is 9.82. The van der Waals surface area contributed by atoms with Crippen LogP contribution in [0.15, 0.2) is 46.1 Å². The summed E-state index contributed by atoms with van der Waals surface area (Å²) in [6, 6.07) is 10.5. The molecule has 3 aliphatic heterocycles. The topological polar surface area (TPSA) is 86.3 Å². The molecule has 33 heavy (non-hydrogen) atoms. The van der Waals surface area contributed by atoms with Crippen molar-refractivity contribution in [3.8, 4) is 5.75 Å². The number of hydrogen-bond acceptors (Lipinski definition) is 4. The molecule has 0 amide bonds. The van der Waals surface area contributed by atoms with Crippen molar-refractivity contribution in [2.24, 2.45) is 5.92 Å². The first kappa shape index (κ1) is 22.4. The molecule has 0 saturated carbocycles. The maximum absolute atomic E-state index is 13.3. The van der Waals surface area contributed by atoms with Crippen LogP contribution in [-0.2, 0) is 16.6 Å². The highest BCUT2D eigenvalue weighted by Crippen LogP contribution is 2.31. The van der Waals surface area contributed by atoms with Crippen LogP contribution >= 0.6 is 0 Å². The van der Waals surface area contributed by atoms with E-state index in [4.69, 9.17) is 4.74 Å². The fourth-order valence-corrected chi connectivity index (χ4v) is 7.05. The molecule has 1 aromatic carbocycles. The number of pyridine rings is 1. The summed E-state index contributed by atoms with van der Waals surface area (Å²) in [5.41, 5.74) is 0.919. The molecule has 2 fully saturated rings. The average molecular weight is 475 g/mol. The van der Waals surface area contributed by atoms with Crippen LogP contribution in [0.25, 0.3) is 0 Å². The minimum Gasteiger partial charge on any atom is -0.497 e. The molecule has 0 aliphatic carbocycles. The Kier molecular flexibility index (Phi) is 5.96. The van der Waals surface area contributed by atoms with E-state index in [0.717, 1.165) is 31.2 Å². The number of hydrogen-bond donors (Lipinski definition) is 3. The Morgan fingerprint density at radius 1 is 1.06 bits per heavy atom. The van der Waals surface area contributed by atoms with Gasteiger partial charge in [-0.1, -0.05) is 0 Å². The number of sulfonamides is 1. The quantitative estimate of drug-likeness (QED) is 0.537. The van der Waals surface area contributed by atoms with E-state index in [2.05, 4.69) is 11.8 Å². The molecule has 4 heterocycles. The number of nitrogens with one attached hydrogen (secondary N) is 3. The number of rotatable bonds is 5. The highest BCUT2D eigenvalue weighted by molar-refractivity contribution is 7.92. The van der Waals surface area contributed by atoms with Crippen LogP contribution in [0.1, 0.15) is 30.9 Å². The SMILES string of the molecule is COc1ccc(S(=O)(=O)Nc2ccc3n(c2=O)C[C@H]2C[C@@H]3C[NH+](C3CC[NH+](C)CC3)C2)cc1. The van der Waals surface area contributed by atoms with Gasteiger partial charge in [-0.2, -0.15) is 0 Å². The lowest BCUT2D eigenvalue weighted by molar-refractivity contribution is -0.959. The van der Waals surface area contributed by atoms with E-state index in [9.17, 15) is 13.2 Å². The molecule has 9 heteroatoms. The monoisotopic (exact) mass is 474 g/mol. The van der Waals surface area contributed by atoms with Gasteiger partial charge in [0.1, 0.15) is 11.4 Å². The summed E-state index contributed by atoms with van der Waals surface area (Å²) in [7, 11) is -0.0530. The molecule has 3 aliphatic rings. The third-order valence-corrected chi connectivity index (χ3v) is 9.16. The second-order valence-electron chi connectivity index (χ2n) is 9.97. The van der Waals surface area contributed by atoms with Gasteiger partial charge < -0.3 is 19.1 Å². The summed E-state index contributed by atoms with van der Waals surface area (Å²) in [6.45, 7) is 5.34. The van der Waals surface area contributed by atoms with E-state index in [0.29, 0.717) is 24.1 Å². The van der Waals surface area contributed by atoms with Crippen LogP contribution in [-0.4, -0.2) is 59.4 Å². The Morgan fingerprint density at radius 2 is 1.79 bits per heavy atom. The number of benzene rings is 1. The van der Waals surface area contributed by atoms with Crippen molar-refractivity contribution in [2.75, 3.05) is 45.1 Å². The normalized spacial score (nSPS) is 29.2. The van der Waals surface area contributed by atoms with Crippen LogP contribution in [0.3, 0.4) is 0 Å². The Balaban J connectivity index is 1.36. The van der Waals surface area contributed by atoms with Crippen molar-refractivity contribution < 1.29 is 23.0 Å². The van der Waals surface area contributed by atoms with Gasteiger partial charge in [-0.05, 0) is 42.8 Å². The number of fused-ring (bicyclic) bond motifs is 4. The summed E-state index contributed by atoms with van der Waals surface area (Å²) in [5.74, 6) is 1.40. The summed E-state index contributed by atoms with van der Waals surface area (Å²) in [6.07, 6.45) is 3.68. The maximum atomic E-state index is 13.3. The number of anilines is 1. The molecule has 2 bridgehead atoms. The van der Waals surface area contributed by atoms with Crippen LogP contribution in [0.2, 0.25) is 0 Å². The van der Waals surface area contributed by atoms with Gasteiger partial charge in [0.05, 0.1) is 51.3 Å². The predicted octanol–water partition coefficient (Wildman–Crippen LogP) is -0.663. The minimum absolute atomic E-state index is 0.0986. The van der Waals surface area contributed by atoms with Crippen LogP contribution in [0.4, 0.5) is 5.69 Å². The number of aromatic nitrogens is 1. The molecule has 178 valence electrons. The molecule has 5 rings (SSSR count). The summed E-state index contributed by atoms with van der Waals surface area (Å²) >= 11 is 0. The Hall–Kier alpha value is -2.36. The number of piperidine rings is 2. The molecule has 3 atom stereocenters. The number of methoxy groups -OCH3 is 1. The first-order valence-corrected chi connectivity index (χ1v) is 13.4. The van der Waals surface area contributed by atoms with Crippen LogP contribution < -0.4 is 24.8 Å². The van der Waals surface area contributed by atoms with Gasteiger partial charge in [0.15, 0.2) is 0 Å². The smallest absolute Gasteiger partial charge is 0.275 e. The number of quaternary nitrogens is 2. The molecule has 3 N–H and O–H groups in total. The Morgan fingerprint density at radius 3 is 2.48 bits per heavy atom. The number of nitrogens with zero attached hydrogens (tertiary/aromatic N) is 1. The molecule has 2 saturated heterocycles. The second-order valence-corrected chi connectivity index (χ2v) is 11.6. The third kappa shape index (κ3) is 4.41. The largest absolute Gasteiger partial charge is 0.497 e. The standard InChI is InChI=1S/C24H32N4O4S/c1-26-11-9-19(10-12-26)27-14-17-13-18(16-27)23-8-7-22(24(29)28(23)15-17)25-33(30,31)21-5-3-20(32-2)4-6-21/h3-8,17-19,25H,9-16H2,1-2H3/p+2/t17-,18+/m0/s1. The van der Waals surface area contributed by atoms with E-state index >= 15 is 0 Å². The molecule has 8 nitrogen and oxygen atoms in total. The van der Waals surface area contributed by atoms with E-state index in [1.165, 1.54) is 45.2 Å². The summed E-state index contributed by atoms with van der Waals surface area (Å²) < 4.78 is 35.1. The van der Waals surface area contributed by atoms with Crippen molar-refractivity contribution in [3.63, 3.8) is 0 Å². The zero-order valence-corrected chi connectivity index (χ0v) is 20.2. The highest BCUT2D eigenvalue weighted by atomic mass is 32.2. The van der Waals surface area contributed by atoms with E-state index < -0.39 is 10.0 Å². The van der Waals surface area contributed by atoms with Crippen molar-refractivity contribution >= 4 is 15.7 Å². The van der Waals surface area contributed by atoms with Crippen molar-refractivity contribution in [3.05, 3.63) is 52.4 Å². The molecule has 1 aromatic heterocycles. The third-order valence-electron chi connectivity index (χ3n) is 7.77. The first-order valence-electron chi connectivity index (χ1n) is 11.9. The zero-order valence-electron chi connectivity index (χ0n) is 19.3. The van der Waals surface area contributed by atoms with Gasteiger partial charge in [-0.15, -0.1) is 0 Å². The molecular weight excluding hydrogens is 440 g/mol. The molecule has 0 spiro atoms. The molecule has 0 radical (unpaired) electrons. The number of ether oxygens (including phenoxy) is 1. The van der Waals surface area contributed by atoms with Gasteiger partial charge in [0.25, 0.3) is 15.6 Å². The van der Waals surface area contributed by atoms with Gasteiger partial charge in [-0.3, -0.25) is 9.52 Å². The van der Waals surface area contributed by atoms with Crippen molar-refractivity contribution in [1.82, 2.24) is 4.57 Å². The Bertz CT molecular complexity index is 1170. The highest BCUT2D eigenvalue weighted by Gasteiger charge is 2.41. The van der Waals surface area contributed by atoms with E-state index in [1.807, 2.05) is 10.6 Å². The second kappa shape index (κ2) is 8.77. The van der Waals surface area contributed by atoms with Gasteiger partial charge in [0, 0.05) is 36.9 Å². The number of likely N-dealkylation sites (tertiary alicyclic amines) is 2. The first-order chi connectivity index (χ1) is 15.8. The maximum Gasteiger partial charge on any atom is 0.275 e. The predicted molar refractivity (Wildman–Crippen MR) is 126 cm³/mol. The zero-order chi connectivity index (χ0) is 23.2. The molecule has 1 unspecified atom stereocenters. The summed E-state index contributed by atoms with van der Waals surface area (Å²) in [4.78, 5) is 16.7. The van der Waals surface area contributed by atoms with Crippen LogP contribution in [0.5, 0.6) is 5.75 Å². The van der Waals surface area contributed by atoms with E-state index in [-0.39, 0.29) is 16.1 Å². The Labute approximate surface area is 195 Å². The fourth-order valence-electron chi connectivity index (χ4n) is 5.99. The lowest BCUT2D eigenvalue weighted by Crippen LogP contribution is -3.21. The molecular formula is C24H34N4O4S+2. The van der Waals surface area contributed by atoms with Gasteiger partial charge >= 0.3 is 0 Å². The van der Waals surface area contributed by atoms with Crippen molar-refractivity contribution in [1.29, 1.82) is 0 Å².